The van der Waals surface area contributed by atoms with E-state index >= 15 is 0 Å². The number of nitrogens with zero attached hydrogens (tertiary/aromatic N) is 2. The summed E-state index contributed by atoms with van der Waals surface area (Å²) in [6.07, 6.45) is 4.84. The average molecular weight is 332 g/mol. The number of benzene rings is 1. The Morgan fingerprint density at radius 2 is 2.00 bits per heavy atom. The van der Waals surface area contributed by atoms with E-state index in [1.165, 1.54) is 7.11 Å². The lowest BCUT2D eigenvalue weighted by molar-refractivity contribution is 0.0920. The predicted octanol–water partition coefficient (Wildman–Crippen LogP) is 3.70. The van der Waals surface area contributed by atoms with Crippen LogP contribution in [0, 0.1) is 11.8 Å². The Balaban J connectivity index is 1.66. The first kappa shape index (κ1) is 15.7. The summed E-state index contributed by atoms with van der Waals surface area (Å²) in [6, 6.07) is 12.2. The van der Waals surface area contributed by atoms with Crippen molar-refractivity contribution in [3.63, 3.8) is 0 Å². The maximum Gasteiger partial charge on any atom is 0.410 e. The second kappa shape index (κ2) is 6.60. The van der Waals surface area contributed by atoms with E-state index in [1.807, 2.05) is 41.4 Å². The fourth-order valence-electron chi connectivity index (χ4n) is 3.97. The highest BCUT2D eigenvalue weighted by molar-refractivity contribution is 5.69. The van der Waals surface area contributed by atoms with E-state index in [-0.39, 0.29) is 12.1 Å². The third-order valence-corrected chi connectivity index (χ3v) is 5.11. The molecule has 1 aliphatic carbocycles. The SMILES string of the molecule is COC(=O)N1Cc2cc(C#Cc3ccccc3)cnc2[C@H]2CCC[C@H]21. The van der Waals surface area contributed by atoms with E-state index in [1.54, 1.807) is 0 Å². The van der Waals surface area contributed by atoms with Gasteiger partial charge in [0.05, 0.1) is 19.3 Å². The fraction of sp³-hybridized carbons (Fsp3) is 0.333. The van der Waals surface area contributed by atoms with Gasteiger partial charge in [-0.2, -0.15) is 0 Å². The Hall–Kier alpha value is -2.80. The van der Waals surface area contributed by atoms with E-state index in [0.717, 1.165) is 41.6 Å². The highest BCUT2D eigenvalue weighted by Crippen LogP contribution is 2.42. The number of carbonyl (C=O) groups is 1. The molecule has 25 heavy (non-hydrogen) atoms. The van der Waals surface area contributed by atoms with Crippen molar-refractivity contribution in [2.24, 2.45) is 0 Å². The van der Waals surface area contributed by atoms with Crippen LogP contribution in [0.25, 0.3) is 0 Å². The van der Waals surface area contributed by atoms with Crippen molar-refractivity contribution in [1.82, 2.24) is 9.88 Å². The molecule has 2 aliphatic rings. The Labute approximate surface area is 147 Å². The summed E-state index contributed by atoms with van der Waals surface area (Å²) < 4.78 is 4.99. The van der Waals surface area contributed by atoms with Crippen molar-refractivity contribution >= 4 is 6.09 Å². The Bertz CT molecular complexity index is 851. The average Bonchev–Trinajstić information content (AvgIpc) is 3.15. The number of fused-ring (bicyclic) bond motifs is 3. The summed E-state index contributed by atoms with van der Waals surface area (Å²) in [6.45, 7) is 0.553. The molecule has 0 spiro atoms. The van der Waals surface area contributed by atoms with Crippen LogP contribution in [-0.4, -0.2) is 29.1 Å². The van der Waals surface area contributed by atoms with Crippen LogP contribution in [0.1, 0.15) is 47.6 Å². The molecular formula is C21H20N2O2. The van der Waals surface area contributed by atoms with Crippen molar-refractivity contribution in [3.8, 4) is 11.8 Å². The summed E-state index contributed by atoms with van der Waals surface area (Å²) in [5, 5.41) is 0. The molecule has 2 aromatic rings. The summed E-state index contributed by atoms with van der Waals surface area (Å²) in [7, 11) is 1.45. The molecule has 0 radical (unpaired) electrons. The molecule has 1 aromatic carbocycles. The number of amides is 1. The van der Waals surface area contributed by atoms with E-state index < -0.39 is 0 Å². The molecule has 2 heterocycles. The summed E-state index contributed by atoms with van der Waals surface area (Å²) in [4.78, 5) is 18.7. The second-order valence-electron chi connectivity index (χ2n) is 6.59. The van der Waals surface area contributed by atoms with Gasteiger partial charge < -0.3 is 9.64 Å². The number of methoxy groups -OCH3 is 1. The zero-order valence-corrected chi connectivity index (χ0v) is 14.2. The molecule has 4 nitrogen and oxygen atoms in total. The standard InChI is InChI=1S/C21H20N2O2/c1-25-21(24)23-14-17-12-16(11-10-15-6-3-2-4-7-15)13-22-20(17)18-8-5-9-19(18)23/h2-4,6-7,12-13,18-19H,5,8-9,14H2,1H3/t18-,19+/m0/s1. The third kappa shape index (κ3) is 2.98. The Morgan fingerprint density at radius 3 is 2.80 bits per heavy atom. The molecule has 1 amide bonds. The lowest BCUT2D eigenvalue weighted by atomic mass is 9.89. The molecule has 0 saturated heterocycles. The summed E-state index contributed by atoms with van der Waals surface area (Å²) in [5.74, 6) is 6.66. The minimum atomic E-state index is -0.247. The van der Waals surface area contributed by atoms with Gasteiger partial charge in [0, 0.05) is 29.3 Å². The number of ether oxygens (including phenoxy) is 1. The first-order chi connectivity index (χ1) is 12.3. The van der Waals surface area contributed by atoms with Crippen LogP contribution < -0.4 is 0 Å². The van der Waals surface area contributed by atoms with E-state index in [2.05, 4.69) is 17.9 Å². The van der Waals surface area contributed by atoms with Gasteiger partial charge >= 0.3 is 6.09 Å². The first-order valence-electron chi connectivity index (χ1n) is 8.67. The van der Waals surface area contributed by atoms with Crippen molar-refractivity contribution in [2.75, 3.05) is 7.11 Å². The fourth-order valence-corrected chi connectivity index (χ4v) is 3.97. The van der Waals surface area contributed by atoms with Gasteiger partial charge in [0.1, 0.15) is 0 Å². The van der Waals surface area contributed by atoms with Gasteiger partial charge in [-0.05, 0) is 36.6 Å². The molecular weight excluding hydrogens is 312 g/mol. The maximum atomic E-state index is 12.2. The predicted molar refractivity (Wildman–Crippen MR) is 95.0 cm³/mol. The number of aromatic nitrogens is 1. The molecule has 0 unspecified atom stereocenters. The molecule has 0 bridgehead atoms. The van der Waals surface area contributed by atoms with Gasteiger partial charge in [-0.25, -0.2) is 4.79 Å². The third-order valence-electron chi connectivity index (χ3n) is 5.11. The molecule has 2 atom stereocenters. The van der Waals surface area contributed by atoms with Gasteiger partial charge in [-0.15, -0.1) is 0 Å². The number of pyridine rings is 1. The van der Waals surface area contributed by atoms with Crippen LogP contribution in [0.4, 0.5) is 4.79 Å². The van der Waals surface area contributed by atoms with Crippen LogP contribution in [-0.2, 0) is 11.3 Å². The van der Waals surface area contributed by atoms with Crippen LogP contribution in [0.15, 0.2) is 42.6 Å². The quantitative estimate of drug-likeness (QED) is 0.691. The molecule has 0 N–H and O–H groups in total. The van der Waals surface area contributed by atoms with Crippen LogP contribution in [0.3, 0.4) is 0 Å². The van der Waals surface area contributed by atoms with Gasteiger partial charge in [0.15, 0.2) is 0 Å². The molecule has 126 valence electrons. The highest BCUT2D eigenvalue weighted by Gasteiger charge is 2.41. The van der Waals surface area contributed by atoms with Gasteiger partial charge in [-0.1, -0.05) is 36.5 Å². The maximum absolute atomic E-state index is 12.2. The lowest BCUT2D eigenvalue weighted by Gasteiger charge is -2.37. The van der Waals surface area contributed by atoms with Crippen molar-refractivity contribution < 1.29 is 9.53 Å². The number of rotatable bonds is 0. The topological polar surface area (TPSA) is 42.4 Å². The molecule has 1 aromatic heterocycles. The Kier molecular flexibility index (Phi) is 4.15. The molecule has 4 heteroatoms. The van der Waals surface area contributed by atoms with Crippen LogP contribution in [0.5, 0.6) is 0 Å². The molecule has 1 aliphatic heterocycles. The largest absolute Gasteiger partial charge is 0.453 e. The first-order valence-corrected chi connectivity index (χ1v) is 8.67. The van der Waals surface area contributed by atoms with Gasteiger partial charge in [0.25, 0.3) is 0 Å². The van der Waals surface area contributed by atoms with Crippen LogP contribution >= 0.6 is 0 Å². The van der Waals surface area contributed by atoms with Crippen molar-refractivity contribution in [2.45, 2.75) is 37.8 Å². The van der Waals surface area contributed by atoms with E-state index in [4.69, 9.17) is 9.72 Å². The van der Waals surface area contributed by atoms with Gasteiger partial charge in [-0.3, -0.25) is 4.98 Å². The van der Waals surface area contributed by atoms with Crippen molar-refractivity contribution in [3.05, 3.63) is 65.0 Å². The molecule has 1 saturated carbocycles. The minimum absolute atomic E-state index is 0.216. The highest BCUT2D eigenvalue weighted by atomic mass is 16.5. The number of hydrogen-bond donors (Lipinski definition) is 0. The molecule has 1 fully saturated rings. The van der Waals surface area contributed by atoms with E-state index in [9.17, 15) is 4.79 Å². The monoisotopic (exact) mass is 332 g/mol. The Morgan fingerprint density at radius 1 is 1.20 bits per heavy atom. The van der Waals surface area contributed by atoms with Crippen LogP contribution in [0.2, 0.25) is 0 Å². The normalized spacial score (nSPS) is 20.9. The zero-order valence-electron chi connectivity index (χ0n) is 14.2. The van der Waals surface area contributed by atoms with Crippen molar-refractivity contribution in [1.29, 1.82) is 0 Å². The smallest absolute Gasteiger partial charge is 0.410 e. The lowest BCUT2D eigenvalue weighted by Crippen LogP contribution is -2.44. The zero-order chi connectivity index (χ0) is 17.2. The summed E-state index contributed by atoms with van der Waals surface area (Å²) in [5.41, 5.74) is 4.08. The van der Waals surface area contributed by atoms with E-state index in [0.29, 0.717) is 12.5 Å². The molecule has 4 rings (SSSR count). The van der Waals surface area contributed by atoms with Gasteiger partial charge in [0.2, 0.25) is 0 Å². The minimum Gasteiger partial charge on any atom is -0.453 e. The number of hydrogen-bond acceptors (Lipinski definition) is 3. The summed E-state index contributed by atoms with van der Waals surface area (Å²) >= 11 is 0. The second-order valence-corrected chi connectivity index (χ2v) is 6.59. The number of carbonyl (C=O) groups excluding carboxylic acids is 1.